The largest absolute Gasteiger partial charge is 0.394 e. The molecule has 4 rings (SSSR count). The third kappa shape index (κ3) is 3.93. The maximum absolute atomic E-state index is 10.7. The number of aliphatic hydroxyl groups is 4. The van der Waals surface area contributed by atoms with Crippen molar-refractivity contribution in [2.75, 3.05) is 12.9 Å². The standard InChI is InChI=1S/C24H30O5S/c1-13-17-4-3-5-18(17)15(10-14-6-8-16(30-2)9-7-14)11-19(13)24-23(28)22(27)21(26)20(12-25)29-24/h6-9,11,20-28H,3-5,10,12H2,1-2H3/t20-,21-,22+,23-,24+/m1/s1. The van der Waals surface area contributed by atoms with Gasteiger partial charge in [0, 0.05) is 4.90 Å². The van der Waals surface area contributed by atoms with Crippen molar-refractivity contribution in [3.05, 3.63) is 63.7 Å². The highest BCUT2D eigenvalue weighted by atomic mass is 32.2. The quantitative estimate of drug-likeness (QED) is 0.545. The van der Waals surface area contributed by atoms with E-state index in [0.29, 0.717) is 0 Å². The SMILES string of the molecule is CSc1ccc(Cc2cc([C@@H]3O[C@H](CO)[C@@H](O)[C@H](O)[C@H]3O)c(C)c3c2CCC3)cc1. The van der Waals surface area contributed by atoms with Crippen molar-refractivity contribution in [3.63, 3.8) is 0 Å². The number of hydrogen-bond acceptors (Lipinski definition) is 6. The molecule has 0 spiro atoms. The smallest absolute Gasteiger partial charge is 0.113 e. The molecule has 1 aliphatic carbocycles. The molecule has 0 radical (unpaired) electrons. The van der Waals surface area contributed by atoms with Crippen molar-refractivity contribution in [2.45, 2.75) is 68.0 Å². The lowest BCUT2D eigenvalue weighted by molar-refractivity contribution is -0.231. The van der Waals surface area contributed by atoms with Crippen molar-refractivity contribution in [1.82, 2.24) is 0 Å². The lowest BCUT2D eigenvalue weighted by Gasteiger charge is -2.41. The maximum atomic E-state index is 10.7. The Kier molecular flexibility index (Phi) is 6.53. The van der Waals surface area contributed by atoms with Gasteiger partial charge in [0.2, 0.25) is 0 Å². The minimum Gasteiger partial charge on any atom is -0.394 e. The highest BCUT2D eigenvalue weighted by Gasteiger charge is 2.44. The fraction of sp³-hybridized carbons (Fsp3) is 0.500. The third-order valence-corrected chi connectivity index (χ3v) is 7.32. The monoisotopic (exact) mass is 430 g/mol. The summed E-state index contributed by atoms with van der Waals surface area (Å²) in [6.07, 6.45) is 0.348. The summed E-state index contributed by atoms with van der Waals surface area (Å²) in [5.41, 5.74) is 7.05. The second-order valence-corrected chi connectivity index (χ2v) is 9.21. The van der Waals surface area contributed by atoms with Gasteiger partial charge < -0.3 is 25.2 Å². The van der Waals surface area contributed by atoms with E-state index in [4.69, 9.17) is 4.74 Å². The van der Waals surface area contributed by atoms with Crippen molar-refractivity contribution < 1.29 is 25.2 Å². The Balaban J connectivity index is 1.72. The van der Waals surface area contributed by atoms with Gasteiger partial charge in [0.15, 0.2) is 0 Å². The van der Waals surface area contributed by atoms with Crippen LogP contribution in [0.5, 0.6) is 0 Å². The molecule has 162 valence electrons. The summed E-state index contributed by atoms with van der Waals surface area (Å²) in [6.45, 7) is 1.62. The van der Waals surface area contributed by atoms with Crippen LogP contribution in [0.25, 0.3) is 0 Å². The second-order valence-electron chi connectivity index (χ2n) is 8.33. The molecule has 2 aromatic carbocycles. The fourth-order valence-corrected chi connectivity index (χ4v) is 5.25. The van der Waals surface area contributed by atoms with E-state index in [1.165, 1.54) is 27.1 Å². The third-order valence-electron chi connectivity index (χ3n) is 6.57. The molecule has 2 aliphatic rings. The van der Waals surface area contributed by atoms with Crippen molar-refractivity contribution in [3.8, 4) is 0 Å². The molecular formula is C24H30O5S. The van der Waals surface area contributed by atoms with E-state index in [-0.39, 0.29) is 0 Å². The molecule has 1 heterocycles. The molecule has 0 unspecified atom stereocenters. The zero-order valence-corrected chi connectivity index (χ0v) is 18.2. The van der Waals surface area contributed by atoms with Crippen LogP contribution in [0.4, 0.5) is 0 Å². The number of ether oxygens (including phenoxy) is 1. The summed E-state index contributed by atoms with van der Waals surface area (Å²) in [4.78, 5) is 1.23. The number of hydrogen-bond donors (Lipinski definition) is 4. The van der Waals surface area contributed by atoms with Crippen LogP contribution in [0.15, 0.2) is 35.2 Å². The van der Waals surface area contributed by atoms with E-state index in [2.05, 4.69) is 36.6 Å². The maximum Gasteiger partial charge on any atom is 0.113 e. The van der Waals surface area contributed by atoms with Gasteiger partial charge in [-0.3, -0.25) is 0 Å². The van der Waals surface area contributed by atoms with Crippen molar-refractivity contribution in [2.24, 2.45) is 0 Å². The first-order chi connectivity index (χ1) is 14.4. The summed E-state index contributed by atoms with van der Waals surface area (Å²) in [7, 11) is 0. The molecule has 0 saturated carbocycles. The van der Waals surface area contributed by atoms with Gasteiger partial charge in [0.05, 0.1) is 6.61 Å². The predicted octanol–water partition coefficient (Wildman–Crippen LogP) is 2.31. The molecular weight excluding hydrogens is 400 g/mol. The van der Waals surface area contributed by atoms with E-state index in [9.17, 15) is 20.4 Å². The molecule has 0 amide bonds. The average Bonchev–Trinajstić information content (AvgIpc) is 3.26. The predicted molar refractivity (Wildman–Crippen MR) is 117 cm³/mol. The zero-order valence-electron chi connectivity index (χ0n) is 17.4. The fourth-order valence-electron chi connectivity index (χ4n) is 4.84. The summed E-state index contributed by atoms with van der Waals surface area (Å²) in [6, 6.07) is 10.7. The van der Waals surface area contributed by atoms with Gasteiger partial charge >= 0.3 is 0 Å². The minimum absolute atomic E-state index is 0.417. The molecule has 1 aliphatic heterocycles. The topological polar surface area (TPSA) is 90.2 Å². The highest BCUT2D eigenvalue weighted by Crippen LogP contribution is 2.39. The number of benzene rings is 2. The van der Waals surface area contributed by atoms with Gasteiger partial charge in [-0.05, 0) is 84.4 Å². The molecule has 0 bridgehead atoms. The van der Waals surface area contributed by atoms with Gasteiger partial charge in [0.1, 0.15) is 30.5 Å². The van der Waals surface area contributed by atoms with Gasteiger partial charge in [0.25, 0.3) is 0 Å². The Bertz CT molecular complexity index is 895. The van der Waals surface area contributed by atoms with Gasteiger partial charge in [-0.15, -0.1) is 11.8 Å². The number of fused-ring (bicyclic) bond motifs is 1. The number of thioether (sulfide) groups is 1. The van der Waals surface area contributed by atoms with E-state index >= 15 is 0 Å². The van der Waals surface area contributed by atoms with Crippen molar-refractivity contribution in [1.29, 1.82) is 0 Å². The Morgan fingerprint density at radius 1 is 1.00 bits per heavy atom. The van der Waals surface area contributed by atoms with Crippen LogP contribution in [-0.4, -0.2) is 57.7 Å². The van der Waals surface area contributed by atoms with Crippen LogP contribution in [-0.2, 0) is 24.0 Å². The molecule has 0 aromatic heterocycles. The van der Waals surface area contributed by atoms with Crippen LogP contribution < -0.4 is 0 Å². The molecule has 4 N–H and O–H groups in total. The van der Waals surface area contributed by atoms with Crippen LogP contribution in [0.3, 0.4) is 0 Å². The van der Waals surface area contributed by atoms with Crippen LogP contribution in [0, 0.1) is 6.92 Å². The molecule has 2 aromatic rings. The summed E-state index contributed by atoms with van der Waals surface area (Å²) < 4.78 is 5.88. The molecule has 1 fully saturated rings. The highest BCUT2D eigenvalue weighted by molar-refractivity contribution is 7.98. The molecule has 1 saturated heterocycles. The summed E-state index contributed by atoms with van der Waals surface area (Å²) >= 11 is 1.72. The lowest BCUT2D eigenvalue weighted by Crippen LogP contribution is -2.55. The van der Waals surface area contributed by atoms with Crippen LogP contribution >= 0.6 is 11.8 Å². The van der Waals surface area contributed by atoms with E-state index in [1.54, 1.807) is 11.8 Å². The molecule has 30 heavy (non-hydrogen) atoms. The first kappa shape index (κ1) is 21.8. The Labute approximate surface area is 181 Å². The van der Waals surface area contributed by atoms with Crippen LogP contribution in [0.1, 0.15) is 45.9 Å². The minimum atomic E-state index is -1.36. The Hall–Kier alpha value is -1.41. The summed E-state index contributed by atoms with van der Waals surface area (Å²) in [5, 5.41) is 40.7. The Morgan fingerprint density at radius 2 is 1.70 bits per heavy atom. The molecule has 5 atom stereocenters. The van der Waals surface area contributed by atoms with Crippen molar-refractivity contribution >= 4 is 11.8 Å². The lowest BCUT2D eigenvalue weighted by atomic mass is 9.84. The second kappa shape index (κ2) is 8.99. The summed E-state index contributed by atoms with van der Waals surface area (Å²) in [5.74, 6) is 0. The van der Waals surface area contributed by atoms with Gasteiger partial charge in [-0.1, -0.05) is 18.2 Å². The number of aliphatic hydroxyl groups excluding tert-OH is 4. The first-order valence-electron chi connectivity index (χ1n) is 10.5. The molecule has 6 heteroatoms. The van der Waals surface area contributed by atoms with E-state index < -0.39 is 37.1 Å². The van der Waals surface area contributed by atoms with Gasteiger partial charge in [-0.25, -0.2) is 0 Å². The van der Waals surface area contributed by atoms with E-state index in [1.807, 2.05) is 6.92 Å². The normalized spacial score (nSPS) is 28.5. The molecule has 5 nitrogen and oxygen atoms in total. The Morgan fingerprint density at radius 3 is 2.37 bits per heavy atom. The van der Waals surface area contributed by atoms with E-state index in [0.717, 1.165) is 36.8 Å². The zero-order chi connectivity index (χ0) is 21.4. The average molecular weight is 431 g/mol. The van der Waals surface area contributed by atoms with Gasteiger partial charge in [-0.2, -0.15) is 0 Å². The number of rotatable bonds is 5. The first-order valence-corrected chi connectivity index (χ1v) is 11.7. The van der Waals surface area contributed by atoms with Crippen LogP contribution in [0.2, 0.25) is 0 Å².